The molecular formula is C27H21ClFN5O3. The predicted octanol–water partition coefficient (Wildman–Crippen LogP) is 4.06. The van der Waals surface area contributed by atoms with Gasteiger partial charge in [0.15, 0.2) is 0 Å². The van der Waals surface area contributed by atoms with Gasteiger partial charge in [0.1, 0.15) is 11.7 Å². The number of aliphatic imine (C=N–C) groups is 2. The molecule has 1 unspecified atom stereocenters. The summed E-state index contributed by atoms with van der Waals surface area (Å²) in [6.07, 6.45) is -0.123. The number of fused-ring (bicyclic) bond motifs is 2. The number of imide groups is 1. The van der Waals surface area contributed by atoms with E-state index in [0.717, 1.165) is 4.90 Å². The fourth-order valence-corrected chi connectivity index (χ4v) is 4.50. The van der Waals surface area contributed by atoms with E-state index in [9.17, 15) is 18.8 Å². The second-order valence-corrected chi connectivity index (χ2v) is 9.05. The van der Waals surface area contributed by atoms with Crippen LogP contribution in [0.15, 0.2) is 76.7 Å². The minimum atomic E-state index is -0.668. The second kappa shape index (κ2) is 9.94. The molecule has 3 aromatic carbocycles. The zero-order valence-corrected chi connectivity index (χ0v) is 20.4. The zero-order chi connectivity index (χ0) is 26.1. The third-order valence-corrected chi connectivity index (χ3v) is 6.31. The molecule has 2 heterocycles. The lowest BCUT2D eigenvalue weighted by molar-refractivity contribution is -0.122. The Morgan fingerprint density at radius 1 is 1.00 bits per heavy atom. The van der Waals surface area contributed by atoms with Crippen LogP contribution in [0.2, 0.25) is 5.02 Å². The number of hydrazine groups is 1. The van der Waals surface area contributed by atoms with Crippen molar-refractivity contribution in [3.8, 4) is 0 Å². The second-order valence-electron chi connectivity index (χ2n) is 8.62. The molecule has 186 valence electrons. The van der Waals surface area contributed by atoms with E-state index in [1.54, 1.807) is 67.6 Å². The Labute approximate surface area is 216 Å². The highest BCUT2D eigenvalue weighted by Crippen LogP contribution is 2.29. The van der Waals surface area contributed by atoms with Crippen molar-refractivity contribution in [1.29, 1.82) is 0 Å². The molecule has 10 heteroatoms. The molecule has 1 atom stereocenters. The molecule has 0 aromatic heterocycles. The van der Waals surface area contributed by atoms with Gasteiger partial charge in [0.2, 0.25) is 5.91 Å². The van der Waals surface area contributed by atoms with Gasteiger partial charge in [0.05, 0.1) is 29.1 Å². The molecule has 0 saturated carbocycles. The average Bonchev–Trinajstić information content (AvgIpc) is 3.02. The Kier molecular flexibility index (Phi) is 6.54. The highest BCUT2D eigenvalue weighted by molar-refractivity contribution is 6.31. The number of nitrogens with one attached hydrogen (secondary N) is 2. The van der Waals surface area contributed by atoms with Crippen molar-refractivity contribution in [1.82, 2.24) is 15.8 Å². The van der Waals surface area contributed by atoms with E-state index in [4.69, 9.17) is 11.6 Å². The summed E-state index contributed by atoms with van der Waals surface area (Å²) in [5.41, 5.74) is 7.73. The minimum Gasteiger partial charge on any atom is -0.284 e. The average molecular weight is 518 g/mol. The maximum atomic E-state index is 14.6. The number of amides is 3. The molecule has 0 radical (unpaired) electrons. The highest BCUT2D eigenvalue weighted by Gasteiger charge is 2.38. The van der Waals surface area contributed by atoms with Crippen LogP contribution in [0.5, 0.6) is 0 Å². The zero-order valence-electron chi connectivity index (χ0n) is 19.7. The van der Waals surface area contributed by atoms with Crippen molar-refractivity contribution in [3.05, 3.63) is 99.8 Å². The first-order valence-corrected chi connectivity index (χ1v) is 11.9. The first-order valence-electron chi connectivity index (χ1n) is 11.5. The van der Waals surface area contributed by atoms with E-state index in [1.165, 1.54) is 6.07 Å². The maximum Gasteiger partial charge on any atom is 0.261 e. The molecule has 37 heavy (non-hydrogen) atoms. The van der Waals surface area contributed by atoms with E-state index in [2.05, 4.69) is 20.8 Å². The predicted molar refractivity (Wildman–Crippen MR) is 138 cm³/mol. The topological polar surface area (TPSA) is 103 Å². The Hall–Kier alpha value is -4.37. The standard InChI is InChI=1S/C27H21ClFN5O3/c1-15(34-26(36)17-6-2-3-7-18(17)27(34)37)12-24(35)33-32-23-14-30-25(19-8-4-5-9-21(19)29)20-13-16(28)10-11-22(20)31-23/h2-11,13,15H,12,14H2,1H3,(H,31,32)(H,33,35). The summed E-state index contributed by atoms with van der Waals surface area (Å²) in [7, 11) is 0. The molecule has 0 bridgehead atoms. The number of carbonyl (C=O) groups excluding carboxylic acids is 3. The van der Waals surface area contributed by atoms with Gasteiger partial charge in [0.25, 0.3) is 11.8 Å². The lowest BCUT2D eigenvalue weighted by atomic mass is 10.0. The van der Waals surface area contributed by atoms with Gasteiger partial charge >= 0.3 is 0 Å². The van der Waals surface area contributed by atoms with Gasteiger partial charge in [-0.25, -0.2) is 9.38 Å². The van der Waals surface area contributed by atoms with Crippen LogP contribution in [-0.4, -0.2) is 46.8 Å². The van der Waals surface area contributed by atoms with Gasteiger partial charge in [-0.3, -0.25) is 35.1 Å². The molecule has 5 rings (SSSR count). The maximum absolute atomic E-state index is 14.6. The molecule has 2 aliphatic rings. The molecule has 8 nitrogen and oxygen atoms in total. The van der Waals surface area contributed by atoms with Crippen molar-refractivity contribution < 1.29 is 18.8 Å². The van der Waals surface area contributed by atoms with E-state index < -0.39 is 29.6 Å². The molecule has 3 aromatic rings. The largest absolute Gasteiger partial charge is 0.284 e. The number of amidine groups is 1. The molecule has 0 aliphatic carbocycles. The summed E-state index contributed by atoms with van der Waals surface area (Å²) in [6.45, 7) is 1.67. The van der Waals surface area contributed by atoms with Crippen molar-refractivity contribution in [3.63, 3.8) is 0 Å². The Morgan fingerprint density at radius 3 is 2.32 bits per heavy atom. The summed E-state index contributed by atoms with van der Waals surface area (Å²) in [6, 6.07) is 17.2. The Balaban J connectivity index is 1.29. The number of hydrogen-bond acceptors (Lipinski definition) is 6. The summed E-state index contributed by atoms with van der Waals surface area (Å²) in [4.78, 5) is 48.2. The number of carbonyl (C=O) groups is 3. The fraction of sp³-hybridized carbons (Fsp3) is 0.148. The van der Waals surface area contributed by atoms with Gasteiger partial charge in [-0.05, 0) is 49.4 Å². The third-order valence-electron chi connectivity index (χ3n) is 6.08. The minimum absolute atomic E-state index is 0.0320. The van der Waals surface area contributed by atoms with Gasteiger partial charge in [-0.2, -0.15) is 0 Å². The number of benzene rings is 3. The molecule has 2 aliphatic heterocycles. The summed E-state index contributed by atoms with van der Waals surface area (Å²) >= 11 is 6.19. The molecule has 0 fully saturated rings. The Bertz CT molecular complexity index is 1470. The molecule has 0 saturated heterocycles. The van der Waals surface area contributed by atoms with Crippen molar-refractivity contribution in [2.45, 2.75) is 19.4 Å². The van der Waals surface area contributed by atoms with Crippen LogP contribution >= 0.6 is 11.6 Å². The van der Waals surface area contributed by atoms with Crippen molar-refractivity contribution in [2.24, 2.45) is 9.98 Å². The number of hydrogen-bond donors (Lipinski definition) is 2. The molecule has 3 amide bonds. The van der Waals surface area contributed by atoms with Gasteiger partial charge in [0, 0.05) is 28.6 Å². The van der Waals surface area contributed by atoms with Crippen LogP contribution < -0.4 is 10.9 Å². The van der Waals surface area contributed by atoms with E-state index in [-0.39, 0.29) is 13.0 Å². The van der Waals surface area contributed by atoms with Crippen LogP contribution in [0.25, 0.3) is 0 Å². The first kappa shape index (κ1) is 24.3. The Morgan fingerprint density at radius 2 is 1.65 bits per heavy atom. The van der Waals surface area contributed by atoms with Crippen LogP contribution in [-0.2, 0) is 4.79 Å². The molecule has 2 N–H and O–H groups in total. The summed E-state index contributed by atoms with van der Waals surface area (Å²) in [5.74, 6) is -1.42. The van der Waals surface area contributed by atoms with E-state index in [1.807, 2.05) is 0 Å². The first-order chi connectivity index (χ1) is 17.8. The normalized spacial score (nSPS) is 15.3. The van der Waals surface area contributed by atoms with Gasteiger partial charge in [-0.15, -0.1) is 0 Å². The van der Waals surface area contributed by atoms with Crippen molar-refractivity contribution in [2.75, 3.05) is 6.54 Å². The summed E-state index contributed by atoms with van der Waals surface area (Å²) < 4.78 is 14.6. The monoisotopic (exact) mass is 517 g/mol. The molecule has 0 spiro atoms. The number of nitrogens with zero attached hydrogens (tertiary/aromatic N) is 3. The SMILES string of the molecule is CC(CC(=O)NNC1=Nc2ccc(Cl)cc2C(c2ccccc2F)=NC1)N1C(=O)c2ccccc2C1=O. The van der Waals surface area contributed by atoms with E-state index >= 15 is 0 Å². The number of rotatable bonds is 4. The quantitative estimate of drug-likeness (QED) is 0.402. The third kappa shape index (κ3) is 4.73. The number of halogens is 2. The van der Waals surface area contributed by atoms with Gasteiger partial charge < -0.3 is 0 Å². The smallest absolute Gasteiger partial charge is 0.261 e. The summed E-state index contributed by atoms with van der Waals surface area (Å²) in [5, 5.41) is 0.449. The van der Waals surface area contributed by atoms with Crippen LogP contribution in [0, 0.1) is 5.82 Å². The lowest BCUT2D eigenvalue weighted by Gasteiger charge is -2.22. The molecular weight excluding hydrogens is 497 g/mol. The van der Waals surface area contributed by atoms with Gasteiger partial charge in [-0.1, -0.05) is 35.9 Å². The fourth-order valence-electron chi connectivity index (χ4n) is 4.33. The van der Waals surface area contributed by atoms with Crippen molar-refractivity contribution >= 4 is 46.6 Å². The lowest BCUT2D eigenvalue weighted by Crippen LogP contribution is -2.46. The highest BCUT2D eigenvalue weighted by atomic mass is 35.5. The van der Waals surface area contributed by atoms with Crippen LogP contribution in [0.1, 0.15) is 45.2 Å². The van der Waals surface area contributed by atoms with E-state index in [0.29, 0.717) is 44.5 Å². The van der Waals surface area contributed by atoms with Crippen LogP contribution in [0.4, 0.5) is 10.1 Å². The van der Waals surface area contributed by atoms with Crippen LogP contribution in [0.3, 0.4) is 0 Å².